The zero-order valence-corrected chi connectivity index (χ0v) is 12.2. The van der Waals surface area contributed by atoms with Gasteiger partial charge in [-0.15, -0.1) is 0 Å². The van der Waals surface area contributed by atoms with Gasteiger partial charge in [-0.25, -0.2) is 9.07 Å². The van der Waals surface area contributed by atoms with E-state index in [1.807, 2.05) is 0 Å². The summed E-state index contributed by atoms with van der Waals surface area (Å²) in [6, 6.07) is 5.62. The number of rotatable bonds is 3. The van der Waals surface area contributed by atoms with Crippen molar-refractivity contribution in [3.63, 3.8) is 0 Å². The van der Waals surface area contributed by atoms with Gasteiger partial charge >= 0.3 is 5.69 Å². The van der Waals surface area contributed by atoms with Crippen LogP contribution in [0.2, 0.25) is 0 Å². The van der Waals surface area contributed by atoms with E-state index in [4.69, 9.17) is 0 Å². The van der Waals surface area contributed by atoms with E-state index in [9.17, 15) is 19.6 Å². The van der Waals surface area contributed by atoms with Crippen molar-refractivity contribution < 1.29 is 14.4 Å². The van der Waals surface area contributed by atoms with E-state index in [1.165, 1.54) is 28.9 Å². The number of anilines is 1. The Kier molecular flexibility index (Phi) is 3.13. The number of aliphatic hydroxyl groups is 1. The number of halogens is 1. The maximum atomic E-state index is 13.0. The van der Waals surface area contributed by atoms with E-state index >= 15 is 0 Å². The molecule has 0 amide bonds. The van der Waals surface area contributed by atoms with Gasteiger partial charge in [0, 0.05) is 7.05 Å². The van der Waals surface area contributed by atoms with Gasteiger partial charge in [0.25, 0.3) is 0 Å². The minimum absolute atomic E-state index is 0.0522. The van der Waals surface area contributed by atoms with E-state index in [2.05, 4.69) is 5.10 Å². The Morgan fingerprint density at radius 2 is 1.95 bits per heavy atom. The van der Waals surface area contributed by atoms with Crippen LogP contribution in [0.15, 0.2) is 24.3 Å². The quantitative estimate of drug-likeness (QED) is 0.686. The third kappa shape index (κ3) is 2.12. The first kappa shape index (κ1) is 14.5. The van der Waals surface area contributed by atoms with Crippen LogP contribution in [-0.2, 0) is 12.6 Å². The fourth-order valence-corrected chi connectivity index (χ4v) is 2.88. The fraction of sp³-hybridized carbons (Fsp3) is 0.357. The summed E-state index contributed by atoms with van der Waals surface area (Å²) in [5, 5.41) is 25.8. The number of aromatic nitrogens is 2. The molecule has 8 heteroatoms. The summed E-state index contributed by atoms with van der Waals surface area (Å²) < 4.78 is 14.4. The van der Waals surface area contributed by atoms with Gasteiger partial charge in [-0.2, -0.15) is 5.10 Å². The normalized spacial score (nSPS) is 16.5. The largest absolute Gasteiger partial charge is 0.381 e. The molecule has 0 spiro atoms. The van der Waals surface area contributed by atoms with Crippen molar-refractivity contribution in [3.8, 4) is 0 Å². The molecule has 0 bridgehead atoms. The molecule has 0 radical (unpaired) electrons. The molecule has 2 aromatic rings. The van der Waals surface area contributed by atoms with E-state index in [-0.39, 0.29) is 24.6 Å². The summed E-state index contributed by atoms with van der Waals surface area (Å²) in [6.07, 6.45) is 0. The molecule has 2 heterocycles. The summed E-state index contributed by atoms with van der Waals surface area (Å²) >= 11 is 0. The van der Waals surface area contributed by atoms with Gasteiger partial charge in [-0.05, 0) is 24.6 Å². The molecule has 1 N–H and O–H groups in total. The summed E-state index contributed by atoms with van der Waals surface area (Å²) in [5.41, 5.74) is -0.269. The van der Waals surface area contributed by atoms with Gasteiger partial charge in [-0.1, -0.05) is 12.1 Å². The minimum atomic E-state index is -1.14. The summed E-state index contributed by atoms with van der Waals surface area (Å²) in [7, 11) is 1.63. The molecule has 0 atom stereocenters. The molecule has 3 rings (SSSR count). The highest BCUT2D eigenvalue weighted by Crippen LogP contribution is 2.40. The minimum Gasteiger partial charge on any atom is -0.381 e. The summed E-state index contributed by atoms with van der Waals surface area (Å²) in [6.45, 7) is 1.96. The number of nitrogens with zero attached hydrogens (tertiary/aromatic N) is 4. The highest BCUT2D eigenvalue weighted by atomic mass is 19.1. The predicted octanol–water partition coefficient (Wildman–Crippen LogP) is 1.48. The first-order valence-electron chi connectivity index (χ1n) is 6.73. The Bertz CT molecular complexity index is 735. The molecule has 0 aliphatic carbocycles. The highest BCUT2D eigenvalue weighted by Gasteiger charge is 2.46. The average Bonchev–Trinajstić information content (AvgIpc) is 2.70. The number of hydrogen-bond donors (Lipinski definition) is 1. The first-order chi connectivity index (χ1) is 10.3. The van der Waals surface area contributed by atoms with E-state index in [0.29, 0.717) is 17.1 Å². The summed E-state index contributed by atoms with van der Waals surface area (Å²) in [5.74, 6) is -0.00397. The number of nitro groups is 1. The molecule has 1 saturated heterocycles. The number of benzene rings is 1. The van der Waals surface area contributed by atoms with Gasteiger partial charge < -0.3 is 10.0 Å². The van der Waals surface area contributed by atoms with E-state index < -0.39 is 10.5 Å². The molecular weight excluding hydrogens is 291 g/mol. The van der Waals surface area contributed by atoms with Crippen LogP contribution in [0.5, 0.6) is 0 Å². The second kappa shape index (κ2) is 4.77. The van der Waals surface area contributed by atoms with Crippen LogP contribution in [0, 0.1) is 22.9 Å². The van der Waals surface area contributed by atoms with Gasteiger partial charge in [-0.3, -0.25) is 10.1 Å². The molecule has 0 saturated carbocycles. The fourth-order valence-electron chi connectivity index (χ4n) is 2.88. The lowest BCUT2D eigenvalue weighted by Gasteiger charge is -2.47. The smallest absolute Gasteiger partial charge is 0.333 e. The van der Waals surface area contributed by atoms with Crippen LogP contribution in [0.3, 0.4) is 0 Å². The maximum absolute atomic E-state index is 13.0. The van der Waals surface area contributed by atoms with Crippen molar-refractivity contribution in [1.82, 2.24) is 9.78 Å². The third-order valence-electron chi connectivity index (χ3n) is 3.93. The van der Waals surface area contributed by atoms with Crippen molar-refractivity contribution in [1.29, 1.82) is 0 Å². The van der Waals surface area contributed by atoms with E-state index in [0.717, 1.165) is 0 Å². The molecule has 1 aliphatic rings. The Labute approximate surface area is 125 Å². The monoisotopic (exact) mass is 306 g/mol. The van der Waals surface area contributed by atoms with Crippen molar-refractivity contribution in [2.24, 2.45) is 7.05 Å². The molecule has 1 aliphatic heterocycles. The van der Waals surface area contributed by atoms with Crippen molar-refractivity contribution >= 4 is 11.5 Å². The number of β-amino-alcohol motifs (C(OH)–C–C–N with tert-alkyl or cyclic N) is 1. The van der Waals surface area contributed by atoms with Crippen molar-refractivity contribution in [2.45, 2.75) is 12.5 Å². The van der Waals surface area contributed by atoms with Gasteiger partial charge in [0.2, 0.25) is 5.82 Å². The average molecular weight is 306 g/mol. The molecule has 0 unspecified atom stereocenters. The first-order valence-corrected chi connectivity index (χ1v) is 6.73. The Morgan fingerprint density at radius 3 is 2.50 bits per heavy atom. The summed E-state index contributed by atoms with van der Waals surface area (Å²) in [4.78, 5) is 12.4. The molecule has 116 valence electrons. The van der Waals surface area contributed by atoms with Gasteiger partial charge in [0.15, 0.2) is 0 Å². The van der Waals surface area contributed by atoms with Crippen LogP contribution in [0.4, 0.5) is 15.9 Å². The molecule has 22 heavy (non-hydrogen) atoms. The lowest BCUT2D eigenvalue weighted by molar-refractivity contribution is -0.384. The van der Waals surface area contributed by atoms with Crippen LogP contribution in [0.25, 0.3) is 0 Å². The third-order valence-corrected chi connectivity index (χ3v) is 3.93. The van der Waals surface area contributed by atoms with Crippen LogP contribution in [0.1, 0.15) is 11.3 Å². The number of aryl methyl sites for hydroxylation is 2. The predicted molar refractivity (Wildman–Crippen MR) is 77.1 cm³/mol. The highest BCUT2D eigenvalue weighted by molar-refractivity contribution is 5.63. The molecule has 1 fully saturated rings. The van der Waals surface area contributed by atoms with Crippen molar-refractivity contribution in [2.75, 3.05) is 18.0 Å². The Hall–Kier alpha value is -2.48. The zero-order chi connectivity index (χ0) is 16.1. The lowest BCUT2D eigenvalue weighted by atomic mass is 9.86. The maximum Gasteiger partial charge on any atom is 0.333 e. The SMILES string of the molecule is Cc1nn(C)c(N2CC(O)(c3ccc(F)cc3)C2)c1[N+](=O)[O-]. The second-order valence-corrected chi connectivity index (χ2v) is 5.53. The van der Waals surface area contributed by atoms with Crippen molar-refractivity contribution in [3.05, 3.63) is 51.5 Å². The molecule has 1 aromatic heterocycles. The molecule has 1 aromatic carbocycles. The van der Waals surface area contributed by atoms with Crippen LogP contribution in [-0.4, -0.2) is 32.9 Å². The Balaban J connectivity index is 1.87. The Morgan fingerprint density at radius 1 is 1.36 bits per heavy atom. The molecular formula is C14H15FN4O3. The van der Waals surface area contributed by atoms with E-state index in [1.54, 1.807) is 18.9 Å². The zero-order valence-electron chi connectivity index (χ0n) is 12.2. The number of hydrogen-bond acceptors (Lipinski definition) is 5. The van der Waals surface area contributed by atoms with Gasteiger partial charge in [0.05, 0.1) is 18.0 Å². The topological polar surface area (TPSA) is 84.4 Å². The van der Waals surface area contributed by atoms with Gasteiger partial charge in [0.1, 0.15) is 17.1 Å². The molecule has 7 nitrogen and oxygen atoms in total. The lowest BCUT2D eigenvalue weighted by Crippen LogP contribution is -2.60. The standard InChI is InChI=1S/C14H15FN4O3/c1-9-12(19(21)22)13(17(2)16-9)18-7-14(20,8-18)10-3-5-11(15)6-4-10/h3-6,20H,7-8H2,1-2H3. The van der Waals surface area contributed by atoms with Crippen LogP contribution >= 0.6 is 0 Å². The van der Waals surface area contributed by atoms with Crippen LogP contribution < -0.4 is 4.90 Å². The second-order valence-electron chi connectivity index (χ2n) is 5.53.